The van der Waals surface area contributed by atoms with E-state index < -0.39 is 44.6 Å². The third kappa shape index (κ3) is 4.78. The van der Waals surface area contributed by atoms with Gasteiger partial charge in [-0.05, 0) is 48.2 Å². The zero-order valence-corrected chi connectivity index (χ0v) is 21.2. The molecule has 2 aliphatic rings. The van der Waals surface area contributed by atoms with E-state index in [1.54, 1.807) is 26.0 Å². The normalized spacial score (nSPS) is 19.9. The Morgan fingerprint density at radius 2 is 1.76 bits per heavy atom. The topological polar surface area (TPSA) is 87.7 Å². The van der Waals surface area contributed by atoms with Gasteiger partial charge in [0.25, 0.3) is 0 Å². The van der Waals surface area contributed by atoms with Crippen molar-refractivity contribution >= 4 is 21.2 Å². The van der Waals surface area contributed by atoms with Gasteiger partial charge in [-0.3, -0.25) is 0 Å². The third-order valence-electron chi connectivity index (χ3n) is 6.45. The number of phenols is 1. The van der Waals surface area contributed by atoms with Crippen molar-refractivity contribution in [1.29, 1.82) is 0 Å². The van der Waals surface area contributed by atoms with Crippen molar-refractivity contribution in [2.45, 2.75) is 32.5 Å². The van der Waals surface area contributed by atoms with Crippen molar-refractivity contribution < 1.29 is 35.8 Å². The molecular formula is C27H24F4N2O4S. The van der Waals surface area contributed by atoms with Crippen LogP contribution in [0, 0.1) is 11.2 Å². The van der Waals surface area contributed by atoms with Gasteiger partial charge >= 0.3 is 6.18 Å². The van der Waals surface area contributed by atoms with E-state index >= 15 is 0 Å². The smallest absolute Gasteiger partial charge is 0.419 e. The zero-order chi connectivity index (χ0) is 27.5. The largest absolute Gasteiger partial charge is 0.506 e. The molecule has 0 amide bonds. The van der Waals surface area contributed by atoms with Crippen LogP contribution in [0.3, 0.4) is 0 Å². The van der Waals surface area contributed by atoms with E-state index in [-0.39, 0.29) is 33.4 Å². The van der Waals surface area contributed by atoms with Crippen molar-refractivity contribution in [1.82, 2.24) is 0 Å². The summed E-state index contributed by atoms with van der Waals surface area (Å²) in [5.74, 6) is -1.93. The molecule has 200 valence electrons. The molecule has 0 fully saturated rings. The summed E-state index contributed by atoms with van der Waals surface area (Å²) in [6.07, 6.45) is -4.43. The second-order valence-electron chi connectivity index (χ2n) is 10.1. The lowest BCUT2D eigenvalue weighted by molar-refractivity contribution is -0.138. The molecule has 5 rings (SSSR count). The van der Waals surface area contributed by atoms with E-state index in [4.69, 9.17) is 4.74 Å². The molecule has 6 nitrogen and oxygen atoms in total. The molecule has 2 aliphatic heterocycles. The Labute approximate surface area is 216 Å². The minimum absolute atomic E-state index is 0.0482. The van der Waals surface area contributed by atoms with Crippen LogP contribution in [-0.4, -0.2) is 19.3 Å². The molecule has 2 heterocycles. The highest BCUT2D eigenvalue weighted by atomic mass is 32.2. The molecule has 1 atom stereocenters. The standard InChI is InChI=1S/C27H24F4N2O4S/c1-26(2)13-19-25(38(35,36)14-26)23(32-18-7-5-8-20(34)24(18)33-19)16-11-10-15(28)12-22(16)37-21-9-4-3-6-17(21)27(29,30)31/h3-12,23,32-34H,13-14H2,1-2H3. The van der Waals surface area contributed by atoms with E-state index in [0.29, 0.717) is 17.8 Å². The van der Waals surface area contributed by atoms with Crippen LogP contribution in [0.5, 0.6) is 17.2 Å². The number of rotatable bonds is 3. The van der Waals surface area contributed by atoms with Crippen LogP contribution in [0.2, 0.25) is 0 Å². The van der Waals surface area contributed by atoms with Gasteiger partial charge in [0.15, 0.2) is 9.84 Å². The maximum atomic E-state index is 14.4. The Bertz CT molecular complexity index is 1570. The van der Waals surface area contributed by atoms with Gasteiger partial charge in [-0.1, -0.05) is 32.0 Å². The molecular weight excluding hydrogens is 524 g/mol. The minimum Gasteiger partial charge on any atom is -0.506 e. The number of para-hydroxylation sites is 2. The number of ether oxygens (including phenoxy) is 1. The molecule has 0 bridgehead atoms. The molecule has 0 aliphatic carbocycles. The fourth-order valence-electron chi connectivity index (χ4n) is 4.98. The summed E-state index contributed by atoms with van der Waals surface area (Å²) in [6.45, 7) is 3.60. The van der Waals surface area contributed by atoms with Gasteiger partial charge in [0, 0.05) is 17.3 Å². The van der Waals surface area contributed by atoms with E-state index in [1.807, 2.05) is 0 Å². The average Bonchev–Trinajstić information content (AvgIpc) is 2.95. The van der Waals surface area contributed by atoms with Crippen LogP contribution in [0.1, 0.15) is 37.4 Å². The Balaban J connectivity index is 1.72. The maximum absolute atomic E-state index is 14.4. The SMILES string of the molecule is CC1(C)CC2=C(C(c3ccc(F)cc3Oc3ccccc3C(F)(F)F)Nc3cccc(O)c3N2)S(=O)(=O)C1. The first-order valence-electron chi connectivity index (χ1n) is 11.7. The van der Waals surface area contributed by atoms with Crippen LogP contribution >= 0.6 is 0 Å². The summed E-state index contributed by atoms with van der Waals surface area (Å²) in [4.78, 5) is -0.0482. The Morgan fingerprint density at radius 3 is 2.50 bits per heavy atom. The second-order valence-corrected chi connectivity index (χ2v) is 12.1. The number of nitrogens with one attached hydrogen (secondary N) is 2. The van der Waals surface area contributed by atoms with Gasteiger partial charge in [-0.2, -0.15) is 13.2 Å². The number of hydrogen-bond donors (Lipinski definition) is 3. The highest BCUT2D eigenvalue weighted by molar-refractivity contribution is 7.95. The lowest BCUT2D eigenvalue weighted by Gasteiger charge is -2.35. The van der Waals surface area contributed by atoms with E-state index in [1.165, 1.54) is 24.3 Å². The number of alkyl halides is 3. The van der Waals surface area contributed by atoms with Crippen LogP contribution in [0.4, 0.5) is 28.9 Å². The highest BCUT2D eigenvalue weighted by Gasteiger charge is 2.44. The number of phenolic OH excluding ortho intramolecular Hbond substituents is 1. The van der Waals surface area contributed by atoms with E-state index in [0.717, 1.165) is 24.3 Å². The van der Waals surface area contributed by atoms with Crippen molar-refractivity contribution in [3.8, 4) is 17.2 Å². The Hall–Kier alpha value is -3.73. The molecule has 3 aromatic rings. The molecule has 0 saturated heterocycles. The quantitative estimate of drug-likeness (QED) is 0.242. The van der Waals surface area contributed by atoms with Gasteiger partial charge in [0.05, 0.1) is 28.0 Å². The lowest BCUT2D eigenvalue weighted by atomic mass is 9.88. The second kappa shape index (κ2) is 8.93. The predicted molar refractivity (Wildman–Crippen MR) is 135 cm³/mol. The highest BCUT2D eigenvalue weighted by Crippen LogP contribution is 2.50. The molecule has 11 heteroatoms. The van der Waals surface area contributed by atoms with Crippen LogP contribution < -0.4 is 15.4 Å². The van der Waals surface area contributed by atoms with E-state index in [2.05, 4.69) is 10.6 Å². The van der Waals surface area contributed by atoms with Crippen molar-refractivity contribution in [2.24, 2.45) is 5.41 Å². The summed E-state index contributed by atoms with van der Waals surface area (Å²) in [5.41, 5.74) is -0.668. The van der Waals surface area contributed by atoms with Crippen molar-refractivity contribution in [3.63, 3.8) is 0 Å². The first-order valence-corrected chi connectivity index (χ1v) is 13.4. The van der Waals surface area contributed by atoms with Gasteiger partial charge in [0.1, 0.15) is 28.8 Å². The van der Waals surface area contributed by atoms with Gasteiger partial charge in [-0.25, -0.2) is 12.8 Å². The minimum atomic E-state index is -4.74. The van der Waals surface area contributed by atoms with Gasteiger partial charge in [0.2, 0.25) is 0 Å². The van der Waals surface area contributed by atoms with Crippen LogP contribution in [-0.2, 0) is 16.0 Å². The molecule has 38 heavy (non-hydrogen) atoms. The number of sulfone groups is 1. The fourth-order valence-corrected chi connectivity index (χ4v) is 7.31. The monoisotopic (exact) mass is 548 g/mol. The summed E-state index contributed by atoms with van der Waals surface area (Å²) in [7, 11) is -3.93. The molecule has 0 spiro atoms. The number of anilines is 2. The number of fused-ring (bicyclic) bond motifs is 1. The van der Waals surface area contributed by atoms with E-state index in [9.17, 15) is 31.1 Å². The maximum Gasteiger partial charge on any atom is 0.419 e. The summed E-state index contributed by atoms with van der Waals surface area (Å²) in [6, 6.07) is 11.3. The molecule has 3 N–H and O–H groups in total. The number of halogens is 4. The van der Waals surface area contributed by atoms with Crippen molar-refractivity contribution in [2.75, 3.05) is 16.4 Å². The molecule has 1 unspecified atom stereocenters. The van der Waals surface area contributed by atoms with Gasteiger partial charge in [-0.15, -0.1) is 0 Å². The summed E-state index contributed by atoms with van der Waals surface area (Å²) in [5, 5.41) is 16.7. The first kappa shape index (κ1) is 25.9. The number of allylic oxidation sites excluding steroid dienone is 1. The lowest BCUT2D eigenvalue weighted by Crippen LogP contribution is -2.35. The number of hydrogen-bond acceptors (Lipinski definition) is 6. The third-order valence-corrected chi connectivity index (χ3v) is 8.76. The van der Waals surface area contributed by atoms with Crippen LogP contribution in [0.15, 0.2) is 71.3 Å². The zero-order valence-electron chi connectivity index (χ0n) is 20.4. The Morgan fingerprint density at radius 1 is 1.03 bits per heavy atom. The van der Waals surface area contributed by atoms with Gasteiger partial charge < -0.3 is 20.5 Å². The Kier molecular flexibility index (Phi) is 6.09. The predicted octanol–water partition coefficient (Wildman–Crippen LogP) is 6.98. The molecule has 0 radical (unpaired) electrons. The van der Waals surface area contributed by atoms with Crippen molar-refractivity contribution in [3.05, 3.63) is 88.2 Å². The van der Waals surface area contributed by atoms with Crippen LogP contribution in [0.25, 0.3) is 0 Å². The fraction of sp³-hybridized carbons (Fsp3) is 0.259. The average molecular weight is 549 g/mol. The molecule has 0 aromatic heterocycles. The number of aromatic hydroxyl groups is 1. The number of benzene rings is 3. The molecule has 0 saturated carbocycles. The summed E-state index contributed by atoms with van der Waals surface area (Å²) >= 11 is 0. The molecule has 3 aromatic carbocycles. The first-order chi connectivity index (χ1) is 17.7. The summed E-state index contributed by atoms with van der Waals surface area (Å²) < 4.78 is 88.4.